The van der Waals surface area contributed by atoms with Gasteiger partial charge in [-0.1, -0.05) is 37.3 Å². The molecular formula is C21H33NO5. The lowest BCUT2D eigenvalue weighted by molar-refractivity contribution is -0.159. The van der Waals surface area contributed by atoms with Crippen molar-refractivity contribution in [1.29, 1.82) is 0 Å². The fourth-order valence-electron chi connectivity index (χ4n) is 3.51. The molecule has 1 aliphatic heterocycles. The van der Waals surface area contributed by atoms with Gasteiger partial charge in [-0.2, -0.15) is 0 Å². The second-order valence-electron chi connectivity index (χ2n) is 7.80. The van der Waals surface area contributed by atoms with E-state index in [2.05, 4.69) is 0 Å². The van der Waals surface area contributed by atoms with Crippen LogP contribution in [-0.4, -0.2) is 52.8 Å². The molecule has 6 nitrogen and oxygen atoms in total. The van der Waals surface area contributed by atoms with Gasteiger partial charge in [-0.3, -0.25) is 0 Å². The first-order valence-electron chi connectivity index (χ1n) is 9.70. The summed E-state index contributed by atoms with van der Waals surface area (Å²) in [7, 11) is 0. The molecule has 1 aromatic carbocycles. The van der Waals surface area contributed by atoms with Crippen LogP contribution < -0.4 is 0 Å². The minimum Gasteiger partial charge on any atom is -0.417 e. The molecule has 1 fully saturated rings. The number of amides is 1. The number of hydrogen-bond donors (Lipinski definition) is 1. The van der Waals surface area contributed by atoms with Crippen LogP contribution in [0.15, 0.2) is 30.3 Å². The molecule has 2 rings (SSSR count). The van der Waals surface area contributed by atoms with E-state index in [1.54, 1.807) is 4.90 Å². The van der Waals surface area contributed by atoms with Gasteiger partial charge in [0.05, 0.1) is 18.8 Å². The average Bonchev–Trinajstić information content (AvgIpc) is 2.88. The van der Waals surface area contributed by atoms with E-state index in [0.29, 0.717) is 6.61 Å². The van der Waals surface area contributed by atoms with Crippen molar-refractivity contribution in [3.63, 3.8) is 0 Å². The van der Waals surface area contributed by atoms with Crippen molar-refractivity contribution in [2.45, 2.75) is 84.8 Å². The van der Waals surface area contributed by atoms with Crippen molar-refractivity contribution in [3.05, 3.63) is 35.9 Å². The summed E-state index contributed by atoms with van der Waals surface area (Å²) in [6.45, 7) is 12.0. The van der Waals surface area contributed by atoms with Gasteiger partial charge in [-0.15, -0.1) is 0 Å². The van der Waals surface area contributed by atoms with E-state index in [1.165, 1.54) is 0 Å². The molecule has 0 saturated carbocycles. The molecular weight excluding hydrogens is 346 g/mol. The molecule has 6 heteroatoms. The summed E-state index contributed by atoms with van der Waals surface area (Å²) < 4.78 is 17.3. The van der Waals surface area contributed by atoms with Gasteiger partial charge >= 0.3 is 6.09 Å². The Morgan fingerprint density at radius 3 is 2.30 bits per heavy atom. The number of rotatable bonds is 7. The summed E-state index contributed by atoms with van der Waals surface area (Å²) in [5.74, 6) is -0.208. The standard InChI is InChI=1S/C21H33NO5/c1-13(2)22(14(3)4)21(24)27-20-18(23)15(5)19(26-20)16(6)25-12-17-10-8-7-9-11-17/h7-11,13-16,18-20,23H,12H2,1-6H3/t15-,16+,18+,19-,20-/m1/s1. The highest BCUT2D eigenvalue weighted by Gasteiger charge is 2.46. The number of hydrogen-bond acceptors (Lipinski definition) is 5. The zero-order valence-electron chi connectivity index (χ0n) is 17.2. The lowest BCUT2D eigenvalue weighted by Gasteiger charge is -2.31. The molecule has 0 bridgehead atoms. The normalized spacial score (nSPS) is 26.4. The quantitative estimate of drug-likeness (QED) is 0.784. The summed E-state index contributed by atoms with van der Waals surface area (Å²) in [5.41, 5.74) is 1.07. The molecule has 27 heavy (non-hydrogen) atoms. The van der Waals surface area contributed by atoms with Gasteiger partial charge in [-0.25, -0.2) is 4.79 Å². The summed E-state index contributed by atoms with van der Waals surface area (Å²) in [6.07, 6.45) is -2.95. The van der Waals surface area contributed by atoms with Crippen molar-refractivity contribution in [2.75, 3.05) is 0 Å². The SMILES string of the molecule is CC(C)N(C(=O)O[C@H]1O[C@@H]([C@H](C)OCc2ccccc2)[C@H](C)[C@@H]1O)C(C)C. The molecule has 1 N–H and O–H groups in total. The van der Waals surface area contributed by atoms with Gasteiger partial charge in [0.25, 0.3) is 0 Å². The third-order valence-corrected chi connectivity index (χ3v) is 4.99. The van der Waals surface area contributed by atoms with E-state index in [0.717, 1.165) is 5.56 Å². The van der Waals surface area contributed by atoms with Crippen LogP contribution in [0.2, 0.25) is 0 Å². The third kappa shape index (κ3) is 5.43. The predicted octanol–water partition coefficient (Wildman–Crippen LogP) is 3.57. The van der Waals surface area contributed by atoms with Crippen LogP contribution in [0.4, 0.5) is 4.79 Å². The van der Waals surface area contributed by atoms with E-state index >= 15 is 0 Å². The molecule has 0 unspecified atom stereocenters. The maximum Gasteiger partial charge on any atom is 0.412 e. The van der Waals surface area contributed by atoms with Crippen LogP contribution in [0.25, 0.3) is 0 Å². The highest BCUT2D eigenvalue weighted by atomic mass is 16.7. The van der Waals surface area contributed by atoms with E-state index < -0.39 is 18.5 Å². The molecule has 1 amide bonds. The van der Waals surface area contributed by atoms with Crippen molar-refractivity contribution in [3.8, 4) is 0 Å². The van der Waals surface area contributed by atoms with Gasteiger partial charge in [-0.05, 0) is 40.2 Å². The Hall–Kier alpha value is -1.63. The fourth-order valence-corrected chi connectivity index (χ4v) is 3.51. The van der Waals surface area contributed by atoms with E-state index in [-0.39, 0.29) is 30.2 Å². The zero-order chi connectivity index (χ0) is 20.1. The third-order valence-electron chi connectivity index (χ3n) is 4.99. The summed E-state index contributed by atoms with van der Waals surface area (Å²) in [6, 6.07) is 9.88. The monoisotopic (exact) mass is 379 g/mol. The van der Waals surface area contributed by atoms with Crippen molar-refractivity contribution >= 4 is 6.09 Å². The number of carbonyl (C=O) groups is 1. The maximum atomic E-state index is 12.5. The van der Waals surface area contributed by atoms with Gasteiger partial charge in [0, 0.05) is 18.0 Å². The number of aliphatic hydroxyl groups is 1. The molecule has 1 aromatic rings. The summed E-state index contributed by atoms with van der Waals surface area (Å²) in [4.78, 5) is 14.1. The molecule has 1 heterocycles. The molecule has 1 aliphatic rings. The Morgan fingerprint density at radius 2 is 1.74 bits per heavy atom. The van der Waals surface area contributed by atoms with Gasteiger partial charge in [0.2, 0.25) is 6.29 Å². The van der Waals surface area contributed by atoms with Crippen molar-refractivity contribution in [2.24, 2.45) is 5.92 Å². The van der Waals surface area contributed by atoms with Crippen LogP contribution in [-0.2, 0) is 20.8 Å². The number of benzene rings is 1. The van der Waals surface area contributed by atoms with Crippen LogP contribution in [0.5, 0.6) is 0 Å². The topological polar surface area (TPSA) is 68.2 Å². The minimum absolute atomic E-state index is 0.00241. The number of carbonyl (C=O) groups excluding carboxylic acids is 1. The Labute approximate surface area is 162 Å². The van der Waals surface area contributed by atoms with E-state index in [4.69, 9.17) is 14.2 Å². The number of nitrogens with zero attached hydrogens (tertiary/aromatic N) is 1. The van der Waals surface area contributed by atoms with Gasteiger partial charge < -0.3 is 24.2 Å². The van der Waals surface area contributed by atoms with Gasteiger partial charge in [0.15, 0.2) is 0 Å². The minimum atomic E-state index is -0.986. The first kappa shape index (κ1) is 21.7. The molecule has 0 radical (unpaired) electrons. The number of ether oxygens (including phenoxy) is 3. The van der Waals surface area contributed by atoms with Gasteiger partial charge in [0.1, 0.15) is 6.10 Å². The molecule has 0 spiro atoms. The molecule has 1 saturated heterocycles. The first-order valence-corrected chi connectivity index (χ1v) is 9.70. The first-order chi connectivity index (χ1) is 12.7. The molecule has 5 atom stereocenters. The second-order valence-corrected chi connectivity index (χ2v) is 7.80. The highest BCUT2D eigenvalue weighted by molar-refractivity contribution is 5.68. The fraction of sp³-hybridized carbons (Fsp3) is 0.667. The van der Waals surface area contributed by atoms with Crippen LogP contribution in [0.3, 0.4) is 0 Å². The molecule has 0 aliphatic carbocycles. The van der Waals surface area contributed by atoms with Crippen LogP contribution in [0.1, 0.15) is 47.1 Å². The molecule has 152 valence electrons. The lowest BCUT2D eigenvalue weighted by Crippen LogP contribution is -2.45. The van der Waals surface area contributed by atoms with E-state index in [9.17, 15) is 9.90 Å². The number of aliphatic hydroxyl groups excluding tert-OH is 1. The van der Waals surface area contributed by atoms with Crippen LogP contribution in [0, 0.1) is 5.92 Å². The summed E-state index contributed by atoms with van der Waals surface area (Å²) >= 11 is 0. The Balaban J connectivity index is 1.94. The Kier molecular flexibility index (Phi) is 7.65. The second kappa shape index (κ2) is 9.53. The smallest absolute Gasteiger partial charge is 0.412 e. The highest BCUT2D eigenvalue weighted by Crippen LogP contribution is 2.31. The summed E-state index contributed by atoms with van der Waals surface area (Å²) in [5, 5.41) is 10.5. The van der Waals surface area contributed by atoms with Crippen molar-refractivity contribution in [1.82, 2.24) is 4.90 Å². The Morgan fingerprint density at radius 1 is 1.15 bits per heavy atom. The average molecular weight is 379 g/mol. The largest absolute Gasteiger partial charge is 0.417 e. The molecule has 0 aromatic heterocycles. The zero-order valence-corrected chi connectivity index (χ0v) is 17.2. The Bertz CT molecular complexity index is 583. The lowest BCUT2D eigenvalue weighted by atomic mass is 9.97. The predicted molar refractivity (Wildman–Crippen MR) is 103 cm³/mol. The van der Waals surface area contributed by atoms with Crippen molar-refractivity contribution < 1.29 is 24.1 Å². The maximum absolute atomic E-state index is 12.5. The van der Waals surface area contributed by atoms with Crippen LogP contribution >= 0.6 is 0 Å². The van der Waals surface area contributed by atoms with E-state index in [1.807, 2.05) is 71.9 Å².